The molecule has 0 aromatic heterocycles. The molecule has 4 heteroatoms. The van der Waals surface area contributed by atoms with E-state index in [2.05, 4.69) is 0 Å². The fourth-order valence-corrected chi connectivity index (χ4v) is 1.71. The van der Waals surface area contributed by atoms with E-state index in [1.807, 2.05) is 24.3 Å². The molecular weight excluding hydrogens is 245 g/mol. The molecule has 0 aliphatic heterocycles. The first-order valence-corrected chi connectivity index (χ1v) is 6.09. The Kier molecular flexibility index (Phi) is 5.64. The number of amides is 1. The number of halogens is 2. The van der Waals surface area contributed by atoms with Crippen LogP contribution in [0.5, 0.6) is 0 Å². The molecule has 0 saturated carbocycles. The van der Waals surface area contributed by atoms with Crippen molar-refractivity contribution in [3.63, 3.8) is 0 Å². The van der Waals surface area contributed by atoms with Crippen LogP contribution in [0.25, 0.3) is 0 Å². The number of rotatable bonds is 5. The number of alkyl halides is 1. The normalized spacial score (nSPS) is 10.2. The third-order valence-electron chi connectivity index (χ3n) is 2.32. The molecule has 0 spiro atoms. The van der Waals surface area contributed by atoms with Gasteiger partial charge in [-0.3, -0.25) is 4.79 Å². The third-order valence-corrected chi connectivity index (χ3v) is 2.95. The molecule has 1 rings (SSSR count). The van der Waals surface area contributed by atoms with Gasteiger partial charge in [-0.2, -0.15) is 0 Å². The molecule has 0 unspecified atom stereocenters. The number of benzene rings is 1. The van der Waals surface area contributed by atoms with E-state index < -0.39 is 0 Å². The van der Waals surface area contributed by atoms with Gasteiger partial charge in [0.2, 0.25) is 5.91 Å². The first-order valence-electron chi connectivity index (χ1n) is 5.18. The zero-order chi connectivity index (χ0) is 12.0. The van der Waals surface area contributed by atoms with Gasteiger partial charge in [0, 0.05) is 30.9 Å². The number of carbonyl (C=O) groups is 1. The molecule has 16 heavy (non-hydrogen) atoms. The molecule has 88 valence electrons. The molecule has 0 atom stereocenters. The van der Waals surface area contributed by atoms with Crippen molar-refractivity contribution in [1.29, 1.82) is 0 Å². The fourth-order valence-electron chi connectivity index (χ4n) is 1.38. The number of nitrogens with zero attached hydrogens (tertiary/aromatic N) is 1. The van der Waals surface area contributed by atoms with Crippen molar-refractivity contribution in [2.75, 3.05) is 12.9 Å². The van der Waals surface area contributed by atoms with Crippen LogP contribution in [0.1, 0.15) is 18.4 Å². The van der Waals surface area contributed by atoms with E-state index in [1.165, 1.54) is 0 Å². The van der Waals surface area contributed by atoms with Gasteiger partial charge in [0.05, 0.1) is 0 Å². The minimum Gasteiger partial charge on any atom is -0.341 e. The van der Waals surface area contributed by atoms with Crippen LogP contribution in [0.4, 0.5) is 0 Å². The summed E-state index contributed by atoms with van der Waals surface area (Å²) in [5.41, 5.74) is 0.964. The van der Waals surface area contributed by atoms with Gasteiger partial charge in [-0.15, -0.1) is 11.6 Å². The second kappa shape index (κ2) is 6.77. The Morgan fingerprint density at radius 1 is 1.38 bits per heavy atom. The first-order chi connectivity index (χ1) is 7.65. The molecule has 0 saturated heterocycles. The van der Waals surface area contributed by atoms with E-state index in [1.54, 1.807) is 11.9 Å². The highest BCUT2D eigenvalue weighted by Crippen LogP contribution is 2.16. The SMILES string of the molecule is CN(Cc1ccccc1Cl)C(=O)CCCCl. The van der Waals surface area contributed by atoms with Crippen molar-refractivity contribution in [2.24, 2.45) is 0 Å². The molecule has 1 amide bonds. The molecule has 0 radical (unpaired) electrons. The van der Waals surface area contributed by atoms with Gasteiger partial charge >= 0.3 is 0 Å². The number of hydrogen-bond acceptors (Lipinski definition) is 1. The van der Waals surface area contributed by atoms with Crippen molar-refractivity contribution < 1.29 is 4.79 Å². The zero-order valence-corrected chi connectivity index (χ0v) is 10.8. The third kappa shape index (κ3) is 4.03. The Morgan fingerprint density at radius 3 is 2.69 bits per heavy atom. The van der Waals surface area contributed by atoms with E-state index in [0.717, 1.165) is 5.56 Å². The van der Waals surface area contributed by atoms with Crippen molar-refractivity contribution >= 4 is 29.1 Å². The summed E-state index contributed by atoms with van der Waals surface area (Å²) in [6.45, 7) is 0.542. The molecule has 1 aromatic carbocycles. The van der Waals surface area contributed by atoms with Crippen molar-refractivity contribution in [3.05, 3.63) is 34.9 Å². The summed E-state index contributed by atoms with van der Waals surface area (Å²) in [4.78, 5) is 13.3. The Hall–Kier alpha value is -0.730. The summed E-state index contributed by atoms with van der Waals surface area (Å²) in [6.07, 6.45) is 1.21. The lowest BCUT2D eigenvalue weighted by Crippen LogP contribution is -2.26. The predicted molar refractivity (Wildman–Crippen MR) is 67.9 cm³/mol. The zero-order valence-electron chi connectivity index (χ0n) is 9.25. The summed E-state index contributed by atoms with van der Waals surface area (Å²) in [6, 6.07) is 7.54. The van der Waals surface area contributed by atoms with Crippen LogP contribution in [0.2, 0.25) is 5.02 Å². The Morgan fingerprint density at radius 2 is 2.06 bits per heavy atom. The van der Waals surface area contributed by atoms with Crippen LogP contribution in [0.3, 0.4) is 0 Å². The van der Waals surface area contributed by atoms with Crippen LogP contribution in [0.15, 0.2) is 24.3 Å². The van der Waals surface area contributed by atoms with Crippen molar-refractivity contribution in [1.82, 2.24) is 4.90 Å². The molecule has 0 aliphatic rings. The first kappa shape index (κ1) is 13.3. The van der Waals surface area contributed by atoms with Crippen LogP contribution in [-0.2, 0) is 11.3 Å². The Balaban J connectivity index is 2.54. The predicted octanol–water partition coefficient (Wildman–Crippen LogP) is 3.32. The van der Waals surface area contributed by atoms with Gasteiger partial charge < -0.3 is 4.90 Å². The second-order valence-corrected chi connectivity index (χ2v) is 4.42. The number of carbonyl (C=O) groups excluding carboxylic acids is 1. The number of hydrogen-bond donors (Lipinski definition) is 0. The minimum atomic E-state index is 0.0977. The summed E-state index contributed by atoms with van der Waals surface area (Å²) in [5.74, 6) is 0.617. The van der Waals surface area contributed by atoms with Gasteiger partial charge in [-0.1, -0.05) is 29.8 Å². The topological polar surface area (TPSA) is 20.3 Å². The monoisotopic (exact) mass is 259 g/mol. The maximum atomic E-state index is 11.6. The maximum Gasteiger partial charge on any atom is 0.222 e. The van der Waals surface area contributed by atoms with E-state index in [-0.39, 0.29) is 5.91 Å². The lowest BCUT2D eigenvalue weighted by atomic mass is 10.2. The second-order valence-electron chi connectivity index (χ2n) is 3.63. The summed E-state index contributed by atoms with van der Waals surface area (Å²) in [7, 11) is 1.78. The van der Waals surface area contributed by atoms with Crippen LogP contribution in [0, 0.1) is 0 Å². The summed E-state index contributed by atoms with van der Waals surface area (Å²) in [5, 5.41) is 0.694. The lowest BCUT2D eigenvalue weighted by molar-refractivity contribution is -0.130. The molecule has 0 fully saturated rings. The van der Waals surface area contributed by atoms with Crippen LogP contribution >= 0.6 is 23.2 Å². The standard InChI is InChI=1S/C12H15Cl2NO/c1-15(12(16)7-4-8-13)9-10-5-2-3-6-11(10)14/h2-3,5-6H,4,7-9H2,1H3. The smallest absolute Gasteiger partial charge is 0.222 e. The van der Waals surface area contributed by atoms with E-state index >= 15 is 0 Å². The van der Waals surface area contributed by atoms with Crippen LogP contribution in [-0.4, -0.2) is 23.7 Å². The van der Waals surface area contributed by atoms with Gasteiger partial charge in [0.15, 0.2) is 0 Å². The van der Waals surface area contributed by atoms with Gasteiger partial charge in [0.25, 0.3) is 0 Å². The molecule has 2 nitrogen and oxygen atoms in total. The largest absolute Gasteiger partial charge is 0.341 e. The van der Waals surface area contributed by atoms with Crippen molar-refractivity contribution in [2.45, 2.75) is 19.4 Å². The average Bonchev–Trinajstić information content (AvgIpc) is 2.28. The highest BCUT2D eigenvalue weighted by atomic mass is 35.5. The lowest BCUT2D eigenvalue weighted by Gasteiger charge is -2.17. The highest BCUT2D eigenvalue weighted by molar-refractivity contribution is 6.31. The molecule has 0 bridgehead atoms. The van der Waals surface area contributed by atoms with Crippen LogP contribution < -0.4 is 0 Å². The highest BCUT2D eigenvalue weighted by Gasteiger charge is 2.09. The molecule has 1 aromatic rings. The van der Waals surface area contributed by atoms with E-state index in [0.29, 0.717) is 30.3 Å². The minimum absolute atomic E-state index is 0.0977. The average molecular weight is 260 g/mol. The molecule has 0 aliphatic carbocycles. The maximum absolute atomic E-state index is 11.6. The van der Waals surface area contributed by atoms with Crippen molar-refractivity contribution in [3.8, 4) is 0 Å². The van der Waals surface area contributed by atoms with E-state index in [4.69, 9.17) is 23.2 Å². The Labute approximate surface area is 106 Å². The molecular formula is C12H15Cl2NO. The Bertz CT molecular complexity index is 355. The summed E-state index contributed by atoms with van der Waals surface area (Å²) < 4.78 is 0. The van der Waals surface area contributed by atoms with Gasteiger partial charge in [-0.25, -0.2) is 0 Å². The molecule has 0 N–H and O–H groups in total. The quantitative estimate of drug-likeness (QED) is 0.744. The van der Waals surface area contributed by atoms with Gasteiger partial charge in [-0.05, 0) is 18.1 Å². The fraction of sp³-hybridized carbons (Fsp3) is 0.417. The molecule has 0 heterocycles. The van der Waals surface area contributed by atoms with Gasteiger partial charge in [0.1, 0.15) is 0 Å². The summed E-state index contributed by atoms with van der Waals surface area (Å²) >= 11 is 11.6. The van der Waals surface area contributed by atoms with E-state index in [9.17, 15) is 4.79 Å².